The number of hydrogen-bond acceptors (Lipinski definition) is 3. The minimum atomic E-state index is -0.414. The molecule has 1 unspecified atom stereocenters. The van der Waals surface area contributed by atoms with E-state index in [-0.39, 0.29) is 24.0 Å². The Kier molecular flexibility index (Phi) is 4.90. The number of primary amides is 1. The number of rotatable bonds is 5. The maximum atomic E-state index is 12.6. The topological polar surface area (TPSA) is 72.6 Å². The van der Waals surface area contributed by atoms with Gasteiger partial charge in [0.05, 0.1) is 12.5 Å². The molecule has 1 aromatic carbocycles. The zero-order valence-electron chi connectivity index (χ0n) is 14.3. The van der Waals surface area contributed by atoms with Gasteiger partial charge in [0.15, 0.2) is 0 Å². The van der Waals surface area contributed by atoms with E-state index in [0.717, 1.165) is 44.3 Å². The summed E-state index contributed by atoms with van der Waals surface area (Å²) in [5.74, 6) is -0.212. The first-order valence-electron chi connectivity index (χ1n) is 8.72. The predicted octanol–water partition coefficient (Wildman–Crippen LogP) is 1.81. The third kappa shape index (κ3) is 3.46. The molecule has 2 fully saturated rings. The second kappa shape index (κ2) is 6.93. The lowest BCUT2D eigenvalue weighted by atomic mass is 9.60. The summed E-state index contributed by atoms with van der Waals surface area (Å²) in [7, 11) is 0. The van der Waals surface area contributed by atoms with Gasteiger partial charge in [-0.05, 0) is 43.7 Å². The Labute approximate surface area is 143 Å². The molecule has 2 N–H and O–H groups in total. The lowest BCUT2D eigenvalue weighted by molar-refractivity contribution is -0.155. The van der Waals surface area contributed by atoms with E-state index in [1.54, 1.807) is 0 Å². The zero-order chi connectivity index (χ0) is 17.2. The fourth-order valence-electron chi connectivity index (χ4n) is 3.97. The van der Waals surface area contributed by atoms with Crippen molar-refractivity contribution in [3.8, 4) is 0 Å². The highest BCUT2D eigenvalue weighted by molar-refractivity contribution is 5.79. The zero-order valence-corrected chi connectivity index (χ0v) is 14.3. The highest BCUT2D eigenvalue weighted by Gasteiger charge is 2.49. The molecule has 1 spiro atoms. The number of carbonyl (C=O) groups is 2. The van der Waals surface area contributed by atoms with Crippen molar-refractivity contribution >= 4 is 11.8 Å². The third-order valence-corrected chi connectivity index (χ3v) is 5.73. The van der Waals surface area contributed by atoms with Crippen LogP contribution in [-0.4, -0.2) is 42.5 Å². The molecule has 1 aliphatic carbocycles. The molecular formula is C19H26N2O3. The van der Waals surface area contributed by atoms with E-state index < -0.39 is 5.91 Å². The van der Waals surface area contributed by atoms with Gasteiger partial charge in [0.25, 0.3) is 0 Å². The minimum Gasteiger partial charge on any atom is -0.368 e. The molecule has 1 aromatic rings. The molecule has 5 heteroatoms. The standard InChI is InChI=1S/C19H26N2O3/c1-14-4-2-3-5-15(14)12-18(23)21-10-8-19(9-11-21)7-6-16(19)24-13-17(20)22/h2-5,16H,6-13H2,1H3,(H2,20,22). The fraction of sp³-hybridized carbons (Fsp3) is 0.579. The first-order valence-corrected chi connectivity index (χ1v) is 8.72. The molecule has 130 valence electrons. The minimum absolute atomic E-state index is 0.00233. The van der Waals surface area contributed by atoms with Crippen LogP contribution in [0.1, 0.15) is 36.8 Å². The second-order valence-corrected chi connectivity index (χ2v) is 7.15. The van der Waals surface area contributed by atoms with Gasteiger partial charge in [-0.1, -0.05) is 24.3 Å². The van der Waals surface area contributed by atoms with E-state index in [0.29, 0.717) is 6.42 Å². The maximum Gasteiger partial charge on any atom is 0.243 e. The van der Waals surface area contributed by atoms with Crippen LogP contribution in [0.2, 0.25) is 0 Å². The van der Waals surface area contributed by atoms with Gasteiger partial charge >= 0.3 is 0 Å². The molecule has 0 radical (unpaired) electrons. The van der Waals surface area contributed by atoms with Crippen molar-refractivity contribution in [1.29, 1.82) is 0 Å². The lowest BCUT2D eigenvalue weighted by Gasteiger charge is -2.53. The van der Waals surface area contributed by atoms with E-state index in [2.05, 4.69) is 0 Å². The number of carbonyl (C=O) groups excluding carboxylic acids is 2. The Hall–Kier alpha value is -1.88. The number of benzene rings is 1. The summed E-state index contributed by atoms with van der Waals surface area (Å²) in [6.45, 7) is 3.60. The number of piperidine rings is 1. The molecular weight excluding hydrogens is 304 g/mol. The van der Waals surface area contributed by atoms with Gasteiger partial charge in [0.1, 0.15) is 6.61 Å². The molecule has 1 aliphatic heterocycles. The summed E-state index contributed by atoms with van der Waals surface area (Å²) < 4.78 is 5.66. The van der Waals surface area contributed by atoms with Gasteiger partial charge in [-0.3, -0.25) is 9.59 Å². The molecule has 1 atom stereocenters. The van der Waals surface area contributed by atoms with Crippen molar-refractivity contribution in [2.75, 3.05) is 19.7 Å². The van der Waals surface area contributed by atoms with Crippen LogP contribution in [0.25, 0.3) is 0 Å². The smallest absolute Gasteiger partial charge is 0.243 e. The second-order valence-electron chi connectivity index (χ2n) is 7.15. The quantitative estimate of drug-likeness (QED) is 0.895. The Morgan fingerprint density at radius 1 is 1.25 bits per heavy atom. The maximum absolute atomic E-state index is 12.6. The summed E-state index contributed by atoms with van der Waals surface area (Å²) in [6.07, 6.45) is 4.62. The molecule has 0 aromatic heterocycles. The number of ether oxygens (including phenoxy) is 1. The number of likely N-dealkylation sites (tertiary alicyclic amines) is 1. The third-order valence-electron chi connectivity index (χ3n) is 5.73. The molecule has 0 bridgehead atoms. The lowest BCUT2D eigenvalue weighted by Crippen LogP contribution is -2.54. The molecule has 2 aliphatic rings. The monoisotopic (exact) mass is 330 g/mol. The number of aryl methyl sites for hydroxylation is 1. The first-order chi connectivity index (χ1) is 11.5. The molecule has 1 heterocycles. The van der Waals surface area contributed by atoms with Gasteiger partial charge in [-0.15, -0.1) is 0 Å². The molecule has 1 saturated carbocycles. The number of hydrogen-bond donors (Lipinski definition) is 1. The predicted molar refractivity (Wildman–Crippen MR) is 91.3 cm³/mol. The largest absolute Gasteiger partial charge is 0.368 e. The van der Waals surface area contributed by atoms with E-state index in [1.165, 1.54) is 5.56 Å². The average molecular weight is 330 g/mol. The van der Waals surface area contributed by atoms with Crippen LogP contribution in [0.5, 0.6) is 0 Å². The number of nitrogens with zero attached hydrogens (tertiary/aromatic N) is 1. The summed E-state index contributed by atoms with van der Waals surface area (Å²) in [6, 6.07) is 8.05. The Morgan fingerprint density at radius 3 is 2.54 bits per heavy atom. The van der Waals surface area contributed by atoms with Crippen LogP contribution >= 0.6 is 0 Å². The van der Waals surface area contributed by atoms with Crippen LogP contribution in [0, 0.1) is 12.3 Å². The van der Waals surface area contributed by atoms with E-state index in [1.807, 2.05) is 36.1 Å². The van der Waals surface area contributed by atoms with Crippen LogP contribution in [0.15, 0.2) is 24.3 Å². The summed E-state index contributed by atoms with van der Waals surface area (Å²) >= 11 is 0. The van der Waals surface area contributed by atoms with Gasteiger partial charge in [-0.2, -0.15) is 0 Å². The molecule has 24 heavy (non-hydrogen) atoms. The van der Waals surface area contributed by atoms with Crippen molar-refractivity contribution in [2.45, 2.75) is 45.1 Å². The van der Waals surface area contributed by atoms with Crippen LogP contribution in [0.3, 0.4) is 0 Å². The van der Waals surface area contributed by atoms with Crippen LogP contribution in [0.4, 0.5) is 0 Å². The van der Waals surface area contributed by atoms with Crippen LogP contribution in [-0.2, 0) is 20.7 Å². The van der Waals surface area contributed by atoms with Gasteiger partial charge in [0.2, 0.25) is 11.8 Å². The fourth-order valence-corrected chi connectivity index (χ4v) is 3.97. The highest BCUT2D eigenvalue weighted by atomic mass is 16.5. The Bertz CT molecular complexity index is 621. The van der Waals surface area contributed by atoms with Gasteiger partial charge in [0, 0.05) is 18.5 Å². The molecule has 1 saturated heterocycles. The average Bonchev–Trinajstić information content (AvgIpc) is 2.56. The normalized spacial score (nSPS) is 22.2. The first kappa shape index (κ1) is 17.0. The Balaban J connectivity index is 1.52. The van der Waals surface area contributed by atoms with Crippen molar-refractivity contribution in [1.82, 2.24) is 4.90 Å². The number of amides is 2. The van der Waals surface area contributed by atoms with E-state index in [4.69, 9.17) is 10.5 Å². The van der Waals surface area contributed by atoms with E-state index >= 15 is 0 Å². The molecule has 5 nitrogen and oxygen atoms in total. The molecule has 3 rings (SSSR count). The highest BCUT2D eigenvalue weighted by Crippen LogP contribution is 2.50. The van der Waals surface area contributed by atoms with Gasteiger partial charge < -0.3 is 15.4 Å². The SMILES string of the molecule is Cc1ccccc1CC(=O)N1CCC2(CCC2OCC(N)=O)CC1. The van der Waals surface area contributed by atoms with Crippen molar-refractivity contribution < 1.29 is 14.3 Å². The van der Waals surface area contributed by atoms with Crippen molar-refractivity contribution in [2.24, 2.45) is 11.1 Å². The Morgan fingerprint density at radius 2 is 1.96 bits per heavy atom. The summed E-state index contributed by atoms with van der Waals surface area (Å²) in [5.41, 5.74) is 7.59. The van der Waals surface area contributed by atoms with Crippen molar-refractivity contribution in [3.05, 3.63) is 35.4 Å². The summed E-state index contributed by atoms with van der Waals surface area (Å²) in [4.78, 5) is 25.4. The van der Waals surface area contributed by atoms with Crippen molar-refractivity contribution in [3.63, 3.8) is 0 Å². The van der Waals surface area contributed by atoms with Crippen LogP contribution < -0.4 is 5.73 Å². The van der Waals surface area contributed by atoms with Gasteiger partial charge in [-0.25, -0.2) is 0 Å². The number of nitrogens with two attached hydrogens (primary N) is 1. The van der Waals surface area contributed by atoms with E-state index in [9.17, 15) is 9.59 Å². The molecule has 2 amide bonds. The summed E-state index contributed by atoms with van der Waals surface area (Å²) in [5, 5.41) is 0.